The van der Waals surface area contributed by atoms with Gasteiger partial charge in [0.05, 0.1) is 26.9 Å². The number of ether oxygens (including phenoxy) is 3. The summed E-state index contributed by atoms with van der Waals surface area (Å²) in [4.78, 5) is 26.7. The predicted molar refractivity (Wildman–Crippen MR) is 127 cm³/mol. The van der Waals surface area contributed by atoms with Crippen molar-refractivity contribution in [3.63, 3.8) is 0 Å². The molecule has 0 bridgehead atoms. The lowest BCUT2D eigenvalue weighted by Gasteiger charge is -2.26. The first-order valence-electron chi connectivity index (χ1n) is 11.3. The molecule has 0 saturated carbocycles. The second-order valence-corrected chi connectivity index (χ2v) is 7.84. The van der Waals surface area contributed by atoms with Gasteiger partial charge in [-0.05, 0) is 50.8 Å². The van der Waals surface area contributed by atoms with Gasteiger partial charge in [-0.3, -0.25) is 9.59 Å². The number of amides is 1. The average Bonchev–Trinajstić information content (AvgIpc) is 2.82. The number of aliphatic hydroxyl groups is 1. The molecule has 33 heavy (non-hydrogen) atoms. The molecule has 7 heteroatoms. The molecule has 0 aliphatic rings. The van der Waals surface area contributed by atoms with Crippen molar-refractivity contribution in [3.8, 4) is 11.5 Å². The van der Waals surface area contributed by atoms with Crippen LogP contribution in [0.25, 0.3) is 0 Å². The molecule has 0 spiro atoms. The first-order valence-corrected chi connectivity index (χ1v) is 11.3. The zero-order valence-electron chi connectivity index (χ0n) is 20.0. The largest absolute Gasteiger partial charge is 0.496 e. The van der Waals surface area contributed by atoms with Crippen molar-refractivity contribution in [1.82, 2.24) is 4.90 Å². The smallest absolute Gasteiger partial charge is 0.305 e. The molecular formula is C26H35NO6. The lowest BCUT2D eigenvalue weighted by atomic mass is 10.1. The molecule has 0 heterocycles. The molecule has 0 saturated heterocycles. The van der Waals surface area contributed by atoms with Crippen LogP contribution >= 0.6 is 0 Å². The van der Waals surface area contributed by atoms with Gasteiger partial charge in [-0.25, -0.2) is 0 Å². The number of esters is 1. The van der Waals surface area contributed by atoms with Gasteiger partial charge in [-0.2, -0.15) is 0 Å². The van der Waals surface area contributed by atoms with Gasteiger partial charge in [-0.1, -0.05) is 30.3 Å². The van der Waals surface area contributed by atoms with Crippen molar-refractivity contribution in [3.05, 3.63) is 59.2 Å². The fraction of sp³-hybridized carbons (Fsp3) is 0.462. The molecule has 7 nitrogen and oxygen atoms in total. The number of methoxy groups -OCH3 is 2. The number of aryl methyl sites for hydroxylation is 1. The molecule has 1 atom stereocenters. The van der Waals surface area contributed by atoms with E-state index in [1.807, 2.05) is 25.1 Å². The Morgan fingerprint density at radius 2 is 1.70 bits per heavy atom. The topological polar surface area (TPSA) is 85.3 Å². The lowest BCUT2D eigenvalue weighted by molar-refractivity contribution is -0.143. The Kier molecular flexibility index (Phi) is 10.7. The Labute approximate surface area is 196 Å². The zero-order chi connectivity index (χ0) is 24.2. The second-order valence-electron chi connectivity index (χ2n) is 7.84. The van der Waals surface area contributed by atoms with E-state index < -0.39 is 6.10 Å². The number of carbonyl (C=O) groups is 2. The highest BCUT2D eigenvalue weighted by Gasteiger charge is 2.22. The maximum Gasteiger partial charge on any atom is 0.305 e. The van der Waals surface area contributed by atoms with Crippen LogP contribution in [0.2, 0.25) is 0 Å². The second kappa shape index (κ2) is 13.5. The van der Waals surface area contributed by atoms with Crippen molar-refractivity contribution < 1.29 is 28.9 Å². The Bertz CT molecular complexity index is 874. The van der Waals surface area contributed by atoms with Gasteiger partial charge >= 0.3 is 5.97 Å². The van der Waals surface area contributed by atoms with Crippen LogP contribution in [0.4, 0.5) is 0 Å². The summed E-state index contributed by atoms with van der Waals surface area (Å²) in [6.07, 6.45) is 1.03. The van der Waals surface area contributed by atoms with Crippen molar-refractivity contribution in [1.29, 1.82) is 0 Å². The third-order valence-electron chi connectivity index (χ3n) is 5.44. The van der Waals surface area contributed by atoms with E-state index in [0.717, 1.165) is 18.4 Å². The Morgan fingerprint density at radius 3 is 2.27 bits per heavy atom. The number of benzene rings is 2. The van der Waals surface area contributed by atoms with Gasteiger partial charge in [0.2, 0.25) is 0 Å². The first kappa shape index (κ1) is 26.2. The third kappa shape index (κ3) is 8.09. The Morgan fingerprint density at radius 1 is 1.06 bits per heavy atom. The van der Waals surface area contributed by atoms with Gasteiger partial charge < -0.3 is 24.2 Å². The van der Waals surface area contributed by atoms with E-state index in [1.54, 1.807) is 38.2 Å². The van der Waals surface area contributed by atoms with Crippen molar-refractivity contribution >= 4 is 11.9 Å². The minimum atomic E-state index is -0.843. The molecule has 0 unspecified atom stereocenters. The molecule has 1 amide bonds. The molecular weight excluding hydrogens is 422 g/mol. The minimum absolute atomic E-state index is 0.104. The molecule has 0 radical (unpaired) electrons. The standard InChI is InChI=1S/C26H35NO6/c1-5-33-25(29)14-13-22(28)18-27(15-9-12-20-10-7-6-8-11-20)26(30)21-16-23(31-3)19(2)24(17-21)32-4/h6-8,10-11,16-17,22,28H,5,9,12-15,18H2,1-4H3/t22-/m1/s1. The summed E-state index contributed by atoms with van der Waals surface area (Å²) in [5, 5.41) is 10.5. The SMILES string of the molecule is CCOC(=O)CC[C@@H](O)CN(CCCc1ccccc1)C(=O)c1cc(OC)c(C)c(OC)c1. The van der Waals surface area contributed by atoms with E-state index in [1.165, 1.54) is 5.56 Å². The minimum Gasteiger partial charge on any atom is -0.496 e. The molecule has 0 aromatic heterocycles. The number of carbonyl (C=O) groups excluding carboxylic acids is 2. The van der Waals surface area contributed by atoms with Crippen LogP contribution in [-0.2, 0) is 16.0 Å². The normalized spacial score (nSPS) is 11.5. The zero-order valence-corrected chi connectivity index (χ0v) is 20.0. The predicted octanol–water partition coefficient (Wildman–Crippen LogP) is 3.79. The highest BCUT2D eigenvalue weighted by atomic mass is 16.5. The van der Waals surface area contributed by atoms with Gasteiger partial charge in [0.1, 0.15) is 11.5 Å². The number of rotatable bonds is 13. The van der Waals surface area contributed by atoms with E-state index in [0.29, 0.717) is 30.2 Å². The van der Waals surface area contributed by atoms with Crippen LogP contribution in [0.5, 0.6) is 11.5 Å². The van der Waals surface area contributed by atoms with Gasteiger partial charge in [0.25, 0.3) is 5.91 Å². The highest BCUT2D eigenvalue weighted by Crippen LogP contribution is 2.30. The summed E-state index contributed by atoms with van der Waals surface area (Å²) < 4.78 is 15.8. The molecule has 1 N–H and O–H groups in total. The van der Waals surface area contributed by atoms with Crippen LogP contribution in [0, 0.1) is 6.92 Å². The number of hydrogen-bond donors (Lipinski definition) is 1. The highest BCUT2D eigenvalue weighted by molar-refractivity contribution is 5.95. The lowest BCUT2D eigenvalue weighted by Crippen LogP contribution is -2.38. The quantitative estimate of drug-likeness (QED) is 0.461. The molecule has 2 aromatic rings. The number of nitrogens with zero attached hydrogens (tertiary/aromatic N) is 1. The van der Waals surface area contributed by atoms with Crippen LogP contribution < -0.4 is 9.47 Å². The summed E-state index contributed by atoms with van der Waals surface area (Å²) in [6, 6.07) is 13.4. The van der Waals surface area contributed by atoms with Crippen molar-refractivity contribution in [2.24, 2.45) is 0 Å². The van der Waals surface area contributed by atoms with Gasteiger partial charge in [-0.15, -0.1) is 0 Å². The van der Waals surface area contributed by atoms with Crippen molar-refractivity contribution in [2.45, 2.75) is 45.6 Å². The Hall–Kier alpha value is -3.06. The fourth-order valence-electron chi connectivity index (χ4n) is 3.65. The maximum absolute atomic E-state index is 13.4. The summed E-state index contributed by atoms with van der Waals surface area (Å²) in [6.45, 7) is 4.48. The third-order valence-corrected chi connectivity index (χ3v) is 5.44. The summed E-state index contributed by atoms with van der Waals surface area (Å²) in [5.74, 6) is 0.538. The van der Waals surface area contributed by atoms with E-state index in [2.05, 4.69) is 12.1 Å². The summed E-state index contributed by atoms with van der Waals surface area (Å²) in [5.41, 5.74) is 2.42. The summed E-state index contributed by atoms with van der Waals surface area (Å²) in [7, 11) is 3.10. The van der Waals surface area contributed by atoms with Crippen molar-refractivity contribution in [2.75, 3.05) is 33.9 Å². The van der Waals surface area contributed by atoms with Gasteiger partial charge in [0, 0.05) is 30.6 Å². The molecule has 2 rings (SSSR count). The van der Waals surface area contributed by atoms with Crippen LogP contribution in [0.3, 0.4) is 0 Å². The van der Waals surface area contributed by atoms with Crippen LogP contribution in [0.15, 0.2) is 42.5 Å². The van der Waals surface area contributed by atoms with Crippen LogP contribution in [0.1, 0.15) is 47.7 Å². The van der Waals surface area contributed by atoms with Gasteiger partial charge in [0.15, 0.2) is 0 Å². The first-order chi connectivity index (χ1) is 15.9. The molecule has 2 aromatic carbocycles. The maximum atomic E-state index is 13.4. The Balaban J connectivity index is 2.16. The molecule has 0 aliphatic heterocycles. The number of aliphatic hydroxyl groups excluding tert-OH is 1. The molecule has 0 fully saturated rings. The van der Waals surface area contributed by atoms with E-state index in [-0.39, 0.29) is 31.3 Å². The molecule has 0 aliphatic carbocycles. The fourth-order valence-corrected chi connectivity index (χ4v) is 3.65. The number of hydrogen-bond acceptors (Lipinski definition) is 6. The monoisotopic (exact) mass is 457 g/mol. The summed E-state index contributed by atoms with van der Waals surface area (Å²) >= 11 is 0. The van der Waals surface area contributed by atoms with E-state index >= 15 is 0 Å². The van der Waals surface area contributed by atoms with E-state index in [4.69, 9.17) is 14.2 Å². The molecule has 180 valence electrons. The van der Waals surface area contributed by atoms with E-state index in [9.17, 15) is 14.7 Å². The van der Waals surface area contributed by atoms with Crippen LogP contribution in [-0.4, -0.2) is 61.9 Å². The average molecular weight is 458 g/mol.